The van der Waals surface area contributed by atoms with Crippen molar-refractivity contribution in [3.8, 4) is 0 Å². The van der Waals surface area contributed by atoms with Gasteiger partial charge >= 0.3 is 0 Å². The van der Waals surface area contributed by atoms with E-state index in [2.05, 4.69) is 12.2 Å². The average Bonchev–Trinajstić information content (AvgIpc) is 2.31. The molecular weight excluding hydrogens is 202 g/mol. The fourth-order valence-electron chi connectivity index (χ4n) is 2.57. The van der Waals surface area contributed by atoms with Crippen LogP contribution in [0.4, 0.5) is 0 Å². The van der Waals surface area contributed by atoms with Crippen LogP contribution >= 0.6 is 0 Å². The number of hydrogen-bond donors (Lipinski definition) is 1. The molecule has 1 saturated carbocycles. The van der Waals surface area contributed by atoms with Crippen molar-refractivity contribution in [2.45, 2.75) is 57.8 Å². The Labute approximate surface area is 99.9 Å². The summed E-state index contributed by atoms with van der Waals surface area (Å²) in [6, 6.07) is 0.566. The van der Waals surface area contributed by atoms with E-state index >= 15 is 0 Å². The lowest BCUT2D eigenvalue weighted by Gasteiger charge is -2.26. The largest absolute Gasteiger partial charge is 0.355 e. The minimum Gasteiger partial charge on any atom is -0.355 e. The summed E-state index contributed by atoms with van der Waals surface area (Å²) in [6.45, 7) is 3.04. The predicted molar refractivity (Wildman–Crippen MR) is 66.5 cm³/mol. The highest BCUT2D eigenvalue weighted by Crippen LogP contribution is 2.27. The molecule has 1 fully saturated rings. The molecule has 0 aromatic heterocycles. The van der Waals surface area contributed by atoms with Crippen molar-refractivity contribution >= 4 is 0 Å². The fraction of sp³-hybridized carbons (Fsp3) is 1.00. The second-order valence-electron chi connectivity index (χ2n) is 4.95. The molecule has 1 unspecified atom stereocenters. The normalized spacial score (nSPS) is 20.2. The van der Waals surface area contributed by atoms with Crippen molar-refractivity contribution < 1.29 is 9.47 Å². The zero-order chi connectivity index (χ0) is 11.8. The zero-order valence-electron chi connectivity index (χ0n) is 11.0. The van der Waals surface area contributed by atoms with Crippen molar-refractivity contribution in [1.82, 2.24) is 5.32 Å². The summed E-state index contributed by atoms with van der Waals surface area (Å²) < 4.78 is 10.3. The van der Waals surface area contributed by atoms with Crippen LogP contribution in [0.15, 0.2) is 0 Å². The highest BCUT2D eigenvalue weighted by atomic mass is 16.7. The maximum absolute atomic E-state index is 5.16. The monoisotopic (exact) mass is 229 g/mol. The number of ether oxygens (including phenoxy) is 2. The maximum atomic E-state index is 5.16. The first kappa shape index (κ1) is 13.9. The van der Waals surface area contributed by atoms with Gasteiger partial charge in [0.1, 0.15) is 0 Å². The van der Waals surface area contributed by atoms with E-state index in [4.69, 9.17) is 9.47 Å². The van der Waals surface area contributed by atoms with Crippen molar-refractivity contribution in [2.24, 2.45) is 5.92 Å². The van der Waals surface area contributed by atoms with Crippen LogP contribution in [-0.2, 0) is 9.47 Å². The molecule has 0 heterocycles. The molecule has 3 nitrogen and oxygen atoms in total. The lowest BCUT2D eigenvalue weighted by molar-refractivity contribution is -0.0999. The Morgan fingerprint density at radius 1 is 1.12 bits per heavy atom. The predicted octanol–water partition coefficient (Wildman–Crippen LogP) is 2.55. The molecule has 1 rings (SSSR count). The van der Waals surface area contributed by atoms with E-state index in [1.807, 2.05) is 0 Å². The summed E-state index contributed by atoms with van der Waals surface area (Å²) in [5.74, 6) is 0.930. The third-order valence-corrected chi connectivity index (χ3v) is 3.57. The first-order valence-electron chi connectivity index (χ1n) is 6.55. The summed E-state index contributed by atoms with van der Waals surface area (Å²) >= 11 is 0. The van der Waals surface area contributed by atoms with Gasteiger partial charge in [0.05, 0.1) is 0 Å². The Bertz CT molecular complexity index is 165. The number of rotatable bonds is 7. The molecule has 16 heavy (non-hydrogen) atoms. The van der Waals surface area contributed by atoms with E-state index < -0.39 is 0 Å². The quantitative estimate of drug-likeness (QED) is 0.681. The highest BCUT2D eigenvalue weighted by molar-refractivity contribution is 4.72. The van der Waals surface area contributed by atoms with Crippen LogP contribution in [0, 0.1) is 5.92 Å². The minimum absolute atomic E-state index is 0.117. The Kier molecular flexibility index (Phi) is 7.01. The van der Waals surface area contributed by atoms with Crippen molar-refractivity contribution in [1.29, 1.82) is 0 Å². The first-order chi connectivity index (χ1) is 7.76. The van der Waals surface area contributed by atoms with E-state index in [-0.39, 0.29) is 6.29 Å². The topological polar surface area (TPSA) is 30.5 Å². The van der Waals surface area contributed by atoms with E-state index in [0.717, 1.165) is 12.5 Å². The van der Waals surface area contributed by atoms with Crippen LogP contribution in [0.1, 0.15) is 45.4 Å². The Morgan fingerprint density at radius 2 is 1.75 bits per heavy atom. The van der Waals surface area contributed by atoms with Gasteiger partial charge in [0, 0.05) is 26.8 Å². The molecule has 0 aromatic carbocycles. The minimum atomic E-state index is -0.117. The van der Waals surface area contributed by atoms with Crippen LogP contribution in [0.25, 0.3) is 0 Å². The second-order valence-corrected chi connectivity index (χ2v) is 4.95. The summed E-state index contributed by atoms with van der Waals surface area (Å²) in [6.07, 6.45) is 8.31. The molecule has 0 aromatic rings. The van der Waals surface area contributed by atoms with Gasteiger partial charge in [-0.2, -0.15) is 0 Å². The van der Waals surface area contributed by atoms with Crippen LogP contribution in [-0.4, -0.2) is 33.1 Å². The highest BCUT2D eigenvalue weighted by Gasteiger charge is 2.16. The molecule has 0 saturated heterocycles. The van der Waals surface area contributed by atoms with Crippen molar-refractivity contribution in [3.63, 3.8) is 0 Å². The second kappa shape index (κ2) is 8.04. The third-order valence-electron chi connectivity index (χ3n) is 3.57. The van der Waals surface area contributed by atoms with Gasteiger partial charge in [-0.15, -0.1) is 0 Å². The van der Waals surface area contributed by atoms with Gasteiger partial charge in [-0.1, -0.05) is 32.1 Å². The third kappa shape index (κ3) is 5.28. The molecular formula is C13H27NO2. The van der Waals surface area contributed by atoms with E-state index in [0.29, 0.717) is 6.04 Å². The van der Waals surface area contributed by atoms with Crippen LogP contribution in [0.3, 0.4) is 0 Å². The number of nitrogens with one attached hydrogen (secondary N) is 1. The van der Waals surface area contributed by atoms with Gasteiger partial charge in [-0.05, 0) is 19.3 Å². The fourth-order valence-corrected chi connectivity index (χ4v) is 2.57. The maximum Gasteiger partial charge on any atom is 0.169 e. The van der Waals surface area contributed by atoms with Gasteiger partial charge in [0.15, 0.2) is 6.29 Å². The Morgan fingerprint density at radius 3 is 2.31 bits per heavy atom. The summed E-state index contributed by atoms with van der Waals surface area (Å²) in [5.41, 5.74) is 0. The van der Waals surface area contributed by atoms with E-state index in [1.54, 1.807) is 14.2 Å². The summed E-state index contributed by atoms with van der Waals surface area (Å²) in [7, 11) is 3.36. The molecule has 1 N–H and O–H groups in total. The molecule has 0 radical (unpaired) electrons. The van der Waals surface area contributed by atoms with Gasteiger partial charge in [0.2, 0.25) is 0 Å². The van der Waals surface area contributed by atoms with Crippen molar-refractivity contribution in [2.75, 3.05) is 20.8 Å². The number of hydrogen-bond acceptors (Lipinski definition) is 3. The molecule has 3 heteroatoms. The number of methoxy groups -OCH3 is 2. The Balaban J connectivity index is 2.11. The van der Waals surface area contributed by atoms with E-state index in [1.165, 1.54) is 38.5 Å². The van der Waals surface area contributed by atoms with E-state index in [9.17, 15) is 0 Å². The standard InChI is InChI=1S/C13H27NO2/c1-11(14-10-13(15-2)16-3)9-12-7-5-4-6-8-12/h11-14H,4-10H2,1-3H3. The molecule has 0 amide bonds. The van der Waals surface area contributed by atoms with Crippen LogP contribution < -0.4 is 5.32 Å². The van der Waals surface area contributed by atoms with Crippen molar-refractivity contribution in [3.05, 3.63) is 0 Å². The molecule has 0 bridgehead atoms. The lowest BCUT2D eigenvalue weighted by Crippen LogP contribution is -2.36. The summed E-state index contributed by atoms with van der Waals surface area (Å²) in [5, 5.41) is 3.48. The molecule has 96 valence electrons. The Hall–Kier alpha value is -0.120. The van der Waals surface area contributed by atoms with Gasteiger partial charge in [-0.3, -0.25) is 0 Å². The summed E-state index contributed by atoms with van der Waals surface area (Å²) in [4.78, 5) is 0. The van der Waals surface area contributed by atoms with Crippen LogP contribution in [0.5, 0.6) is 0 Å². The molecule has 1 atom stereocenters. The smallest absolute Gasteiger partial charge is 0.169 e. The lowest BCUT2D eigenvalue weighted by atomic mass is 9.85. The van der Waals surface area contributed by atoms with Gasteiger partial charge in [-0.25, -0.2) is 0 Å². The molecule has 1 aliphatic rings. The molecule has 1 aliphatic carbocycles. The average molecular weight is 229 g/mol. The van der Waals surface area contributed by atoms with Crippen LogP contribution in [0.2, 0.25) is 0 Å². The molecule has 0 aliphatic heterocycles. The SMILES string of the molecule is COC(CNC(C)CC1CCCCC1)OC. The zero-order valence-corrected chi connectivity index (χ0v) is 11.0. The first-order valence-corrected chi connectivity index (χ1v) is 6.55. The molecule has 0 spiro atoms. The van der Waals surface area contributed by atoms with Gasteiger partial charge in [0.25, 0.3) is 0 Å². The van der Waals surface area contributed by atoms with Gasteiger partial charge < -0.3 is 14.8 Å².